The summed E-state index contributed by atoms with van der Waals surface area (Å²) in [5.74, 6) is -2.13. The molecule has 12 atom stereocenters. The van der Waals surface area contributed by atoms with E-state index in [2.05, 4.69) is 46.9 Å². The third-order valence-corrected chi connectivity index (χ3v) is 14.8. The SMILES string of the molecule is CC(=O)O[C@@H]1C[C@@]23COC[C@](C)([C@@H]2CC[C@H]2C3=CC(=O)[C@@]3(C)[C@H](C(=O)O)[C@@](C)([C@H](C)C(C)C)CC[C@]23C)[C@H]1OC(=O)C1CCCN1. The number of hydrogen-bond donors (Lipinski definition) is 2. The molecule has 0 amide bonds. The molecule has 2 aliphatic heterocycles. The van der Waals surface area contributed by atoms with Gasteiger partial charge in [0.05, 0.1) is 19.1 Å². The highest BCUT2D eigenvalue weighted by atomic mass is 16.6. The lowest BCUT2D eigenvalue weighted by atomic mass is 9.34. The standard InChI is InChI=1S/C37H55NO8/c1-20(2)21(3)33(5)13-14-35(7)23-11-12-27-34(6)18-44-19-37(27,24(23)16-28(40)36(35,8)29(33)31(41)42)17-26(45-22(4)39)30(34)46-32(43)25-10-9-15-38-25/h16,20-21,23,25-27,29-30,38H,9-15,17-19H2,1-8H3,(H,41,42)/t21-,23+,25?,26-,27+,29-,30+,33-,34-,35-,36+,37+/m1/s1. The largest absolute Gasteiger partial charge is 0.481 e. The van der Waals surface area contributed by atoms with Crippen molar-refractivity contribution in [2.75, 3.05) is 19.8 Å². The van der Waals surface area contributed by atoms with Gasteiger partial charge in [-0.05, 0) is 92.1 Å². The number of carboxylic acid groups (broad SMARTS) is 1. The van der Waals surface area contributed by atoms with E-state index >= 15 is 0 Å². The van der Waals surface area contributed by atoms with Gasteiger partial charge in [0.25, 0.3) is 0 Å². The molecule has 2 bridgehead atoms. The van der Waals surface area contributed by atoms with Crippen molar-refractivity contribution in [2.24, 2.45) is 56.7 Å². The van der Waals surface area contributed by atoms with Crippen molar-refractivity contribution in [1.82, 2.24) is 5.32 Å². The van der Waals surface area contributed by atoms with E-state index in [1.54, 1.807) is 6.08 Å². The Hall–Kier alpha value is -2.26. The van der Waals surface area contributed by atoms with Crippen molar-refractivity contribution in [3.8, 4) is 0 Å². The predicted octanol–water partition coefficient (Wildman–Crippen LogP) is 5.35. The zero-order chi connectivity index (χ0) is 33.6. The summed E-state index contributed by atoms with van der Waals surface area (Å²) < 4.78 is 18.7. The molecule has 6 rings (SSSR count). The van der Waals surface area contributed by atoms with E-state index in [4.69, 9.17) is 14.2 Å². The van der Waals surface area contributed by atoms with Crippen LogP contribution in [0, 0.1) is 56.7 Å². The zero-order valence-corrected chi connectivity index (χ0v) is 29.1. The molecule has 4 aliphatic carbocycles. The summed E-state index contributed by atoms with van der Waals surface area (Å²) in [7, 11) is 0. The maximum atomic E-state index is 14.8. The zero-order valence-electron chi connectivity index (χ0n) is 29.1. The van der Waals surface area contributed by atoms with Crippen molar-refractivity contribution in [3.63, 3.8) is 0 Å². The number of esters is 2. The number of carboxylic acids is 1. The number of carbonyl (C=O) groups is 4. The molecule has 0 aromatic rings. The summed E-state index contributed by atoms with van der Waals surface area (Å²) in [5.41, 5.74) is -2.38. The highest BCUT2D eigenvalue weighted by Crippen LogP contribution is 2.74. The molecule has 2 N–H and O–H groups in total. The van der Waals surface area contributed by atoms with Crippen LogP contribution in [0.1, 0.15) is 100 Å². The molecule has 46 heavy (non-hydrogen) atoms. The second-order valence-corrected chi connectivity index (χ2v) is 17.1. The van der Waals surface area contributed by atoms with Gasteiger partial charge in [-0.15, -0.1) is 0 Å². The highest BCUT2D eigenvalue weighted by Gasteiger charge is 2.74. The Bertz CT molecular complexity index is 1340. The Morgan fingerprint density at radius 3 is 2.35 bits per heavy atom. The van der Waals surface area contributed by atoms with Gasteiger partial charge in [-0.3, -0.25) is 19.2 Å². The molecule has 9 nitrogen and oxygen atoms in total. The minimum absolute atomic E-state index is 0.0158. The first kappa shape index (κ1) is 33.6. The number of ketones is 1. The number of nitrogens with one attached hydrogen (secondary N) is 1. The lowest BCUT2D eigenvalue weighted by Crippen LogP contribution is -2.71. The van der Waals surface area contributed by atoms with E-state index in [0.717, 1.165) is 44.2 Å². The van der Waals surface area contributed by atoms with Crippen LogP contribution < -0.4 is 5.32 Å². The van der Waals surface area contributed by atoms with Crippen LogP contribution in [-0.2, 0) is 33.4 Å². The average Bonchev–Trinajstić information content (AvgIpc) is 3.51. The Labute approximate surface area is 273 Å². The number of allylic oxidation sites excluding steroid dienone is 1. The molecule has 0 aromatic heterocycles. The average molecular weight is 642 g/mol. The number of hydrogen-bond acceptors (Lipinski definition) is 8. The fraction of sp³-hybridized carbons (Fsp3) is 0.838. The molecule has 2 heterocycles. The predicted molar refractivity (Wildman–Crippen MR) is 170 cm³/mol. The summed E-state index contributed by atoms with van der Waals surface area (Å²) in [4.78, 5) is 54.0. The smallest absolute Gasteiger partial charge is 0.323 e. The van der Waals surface area contributed by atoms with Crippen LogP contribution in [0.4, 0.5) is 0 Å². The third kappa shape index (κ3) is 4.45. The quantitative estimate of drug-likeness (QED) is 0.369. The fourth-order valence-electron chi connectivity index (χ4n) is 12.0. The maximum absolute atomic E-state index is 14.8. The van der Waals surface area contributed by atoms with E-state index in [0.29, 0.717) is 26.1 Å². The van der Waals surface area contributed by atoms with Crippen molar-refractivity contribution in [2.45, 2.75) is 119 Å². The molecular weight excluding hydrogens is 586 g/mol. The maximum Gasteiger partial charge on any atom is 0.323 e. The summed E-state index contributed by atoms with van der Waals surface area (Å²) in [5, 5.41) is 14.1. The molecule has 0 radical (unpaired) electrons. The van der Waals surface area contributed by atoms with Crippen molar-refractivity contribution >= 4 is 23.7 Å². The number of fused-ring (bicyclic) bond motifs is 3. The Morgan fingerprint density at radius 2 is 1.74 bits per heavy atom. The molecule has 3 saturated carbocycles. The van der Waals surface area contributed by atoms with Gasteiger partial charge < -0.3 is 24.6 Å². The van der Waals surface area contributed by atoms with Gasteiger partial charge in [0.2, 0.25) is 0 Å². The Morgan fingerprint density at radius 1 is 1.02 bits per heavy atom. The highest BCUT2D eigenvalue weighted by molar-refractivity contribution is 6.00. The van der Waals surface area contributed by atoms with E-state index in [1.807, 2.05) is 6.92 Å². The normalized spacial score (nSPS) is 47.2. The molecular formula is C37H55NO8. The first-order valence-corrected chi connectivity index (χ1v) is 17.7. The summed E-state index contributed by atoms with van der Waals surface area (Å²) in [6.07, 6.45) is 5.61. The molecule has 9 heteroatoms. The second kappa shape index (κ2) is 11.1. The van der Waals surface area contributed by atoms with E-state index in [1.165, 1.54) is 6.92 Å². The van der Waals surface area contributed by atoms with Crippen LogP contribution in [0.15, 0.2) is 11.6 Å². The summed E-state index contributed by atoms with van der Waals surface area (Å²) >= 11 is 0. The molecule has 256 valence electrons. The van der Waals surface area contributed by atoms with Gasteiger partial charge in [0, 0.05) is 23.2 Å². The van der Waals surface area contributed by atoms with Gasteiger partial charge >= 0.3 is 17.9 Å². The fourth-order valence-corrected chi connectivity index (χ4v) is 12.0. The molecule has 2 saturated heterocycles. The van der Waals surface area contributed by atoms with Gasteiger partial charge in [-0.25, -0.2) is 0 Å². The first-order valence-electron chi connectivity index (χ1n) is 17.7. The lowest BCUT2D eigenvalue weighted by molar-refractivity contribution is -0.262. The number of carbonyl (C=O) groups excluding carboxylic acids is 3. The molecule has 0 spiro atoms. The van der Waals surface area contributed by atoms with Crippen LogP contribution in [-0.4, -0.2) is 66.8 Å². The molecule has 5 fully saturated rings. The minimum Gasteiger partial charge on any atom is -0.481 e. The van der Waals surface area contributed by atoms with Crippen LogP contribution in [0.25, 0.3) is 0 Å². The first-order chi connectivity index (χ1) is 21.5. The van der Waals surface area contributed by atoms with Crippen LogP contribution in [0.3, 0.4) is 0 Å². The van der Waals surface area contributed by atoms with Crippen molar-refractivity contribution < 1.29 is 38.5 Å². The van der Waals surface area contributed by atoms with Crippen LogP contribution in [0.5, 0.6) is 0 Å². The van der Waals surface area contributed by atoms with Gasteiger partial charge in [0.1, 0.15) is 18.2 Å². The molecule has 0 aromatic carbocycles. The monoisotopic (exact) mass is 641 g/mol. The minimum atomic E-state index is -1.08. The molecule has 1 unspecified atom stereocenters. The van der Waals surface area contributed by atoms with E-state index < -0.39 is 57.1 Å². The van der Waals surface area contributed by atoms with Crippen molar-refractivity contribution in [1.29, 1.82) is 0 Å². The Kier molecular flexibility index (Phi) is 8.15. The third-order valence-electron chi connectivity index (χ3n) is 14.8. The van der Waals surface area contributed by atoms with Crippen LogP contribution in [0.2, 0.25) is 0 Å². The van der Waals surface area contributed by atoms with Crippen molar-refractivity contribution in [3.05, 3.63) is 11.6 Å². The molecule has 6 aliphatic rings. The summed E-state index contributed by atoms with van der Waals surface area (Å²) in [6, 6.07) is -0.373. The number of aliphatic carboxylic acids is 1. The topological polar surface area (TPSA) is 128 Å². The van der Waals surface area contributed by atoms with Gasteiger partial charge in [-0.1, -0.05) is 54.0 Å². The summed E-state index contributed by atoms with van der Waals surface area (Å²) in [6.45, 7) is 17.6. The van der Waals surface area contributed by atoms with Gasteiger partial charge in [0.15, 0.2) is 5.78 Å². The Balaban J connectivity index is 1.44. The van der Waals surface area contributed by atoms with E-state index in [-0.39, 0.29) is 41.5 Å². The second-order valence-electron chi connectivity index (χ2n) is 17.1. The lowest BCUT2D eigenvalue weighted by Gasteiger charge is -2.70. The number of rotatable bonds is 6. The number of ether oxygens (including phenoxy) is 3. The van der Waals surface area contributed by atoms with Crippen LogP contribution >= 0.6 is 0 Å². The van der Waals surface area contributed by atoms with Gasteiger partial charge in [-0.2, -0.15) is 0 Å². The van der Waals surface area contributed by atoms with E-state index in [9.17, 15) is 24.3 Å².